The van der Waals surface area contributed by atoms with Crippen molar-refractivity contribution < 1.29 is 8.85 Å². The first-order valence-corrected chi connectivity index (χ1v) is 9.95. The van der Waals surface area contributed by atoms with Crippen LogP contribution in [-0.2, 0) is 8.85 Å². The van der Waals surface area contributed by atoms with Crippen molar-refractivity contribution in [2.24, 2.45) is 5.92 Å². The molecule has 0 spiro atoms. The molecule has 3 nitrogen and oxygen atoms in total. The van der Waals surface area contributed by atoms with Crippen molar-refractivity contribution in [2.75, 3.05) is 27.3 Å². The van der Waals surface area contributed by atoms with Crippen molar-refractivity contribution in [1.29, 1.82) is 0 Å². The second-order valence-corrected chi connectivity index (χ2v) is 10.5. The molecule has 0 aliphatic rings. The van der Waals surface area contributed by atoms with Crippen LogP contribution in [0.4, 0.5) is 0 Å². The molecule has 0 radical (unpaired) electrons. The largest absolute Gasteiger partial charge is 0.433 e. The van der Waals surface area contributed by atoms with Gasteiger partial charge in [0.25, 0.3) is 0 Å². The van der Waals surface area contributed by atoms with E-state index >= 15 is 0 Å². The summed E-state index contributed by atoms with van der Waals surface area (Å²) in [5.41, 5.74) is 0. The van der Waals surface area contributed by atoms with Gasteiger partial charge in [-0.1, -0.05) is 54.4 Å². The van der Waals surface area contributed by atoms with Gasteiger partial charge < -0.3 is 8.85 Å². The molecular weight excluding hydrogens is 266 g/mol. The second kappa shape index (κ2) is 9.18. The van der Waals surface area contributed by atoms with Crippen LogP contribution in [0.1, 0.15) is 67.2 Å². The standard InChI is InChI=1S/C16H37NO2Si/c1-9-11-13-17(14-12-10-2)20(18-7,19-8)16(5,6)15(3)4/h15H,9-14H2,1-8H3. The molecule has 0 aromatic heterocycles. The third-order valence-electron chi connectivity index (χ3n) is 4.79. The summed E-state index contributed by atoms with van der Waals surface area (Å²) in [7, 11) is 1.27. The van der Waals surface area contributed by atoms with Gasteiger partial charge in [-0.25, -0.2) is 0 Å². The lowest BCUT2D eigenvalue weighted by molar-refractivity contribution is 0.118. The molecule has 0 bridgehead atoms. The summed E-state index contributed by atoms with van der Waals surface area (Å²) in [5, 5.41) is 0.0536. The Balaban J connectivity index is 5.41. The van der Waals surface area contributed by atoms with Crippen LogP contribution in [0.2, 0.25) is 5.04 Å². The van der Waals surface area contributed by atoms with Crippen molar-refractivity contribution in [2.45, 2.75) is 72.3 Å². The van der Waals surface area contributed by atoms with Gasteiger partial charge in [0.2, 0.25) is 0 Å². The highest BCUT2D eigenvalue weighted by molar-refractivity contribution is 6.67. The number of hydrogen-bond acceptors (Lipinski definition) is 3. The molecule has 20 heavy (non-hydrogen) atoms. The van der Waals surface area contributed by atoms with Crippen molar-refractivity contribution in [3.63, 3.8) is 0 Å². The van der Waals surface area contributed by atoms with Gasteiger partial charge in [-0.3, -0.25) is 4.57 Å². The third-order valence-corrected chi connectivity index (χ3v) is 9.38. The molecule has 0 rings (SSSR count). The van der Waals surface area contributed by atoms with E-state index in [0.717, 1.165) is 13.1 Å². The van der Waals surface area contributed by atoms with Crippen LogP contribution in [0, 0.1) is 5.92 Å². The summed E-state index contributed by atoms with van der Waals surface area (Å²) in [6, 6.07) is 0. The van der Waals surface area contributed by atoms with Crippen LogP contribution >= 0.6 is 0 Å². The summed E-state index contributed by atoms with van der Waals surface area (Å²) >= 11 is 0. The zero-order valence-electron chi connectivity index (χ0n) is 15.1. The van der Waals surface area contributed by atoms with Crippen LogP contribution in [-0.4, -0.2) is 40.6 Å². The second-order valence-electron chi connectivity index (χ2n) is 6.56. The van der Waals surface area contributed by atoms with E-state index in [1.165, 1.54) is 25.7 Å². The molecule has 0 aromatic rings. The molecule has 122 valence electrons. The quantitative estimate of drug-likeness (QED) is 0.522. The van der Waals surface area contributed by atoms with Gasteiger partial charge in [0, 0.05) is 19.3 Å². The fraction of sp³-hybridized carbons (Fsp3) is 1.00. The monoisotopic (exact) mass is 303 g/mol. The van der Waals surface area contributed by atoms with Gasteiger partial charge in [0.1, 0.15) is 0 Å². The summed E-state index contributed by atoms with van der Waals surface area (Å²) in [6.45, 7) is 15.8. The topological polar surface area (TPSA) is 21.7 Å². The first kappa shape index (κ1) is 20.1. The number of unbranched alkanes of at least 4 members (excludes halogenated alkanes) is 2. The maximum absolute atomic E-state index is 6.11. The normalized spacial score (nSPS) is 13.5. The Kier molecular flexibility index (Phi) is 9.23. The smallest absolute Gasteiger partial charge is 0.386 e. The minimum absolute atomic E-state index is 0.0536. The maximum Gasteiger partial charge on any atom is 0.433 e. The van der Waals surface area contributed by atoms with E-state index in [-0.39, 0.29) is 5.04 Å². The van der Waals surface area contributed by atoms with Crippen molar-refractivity contribution in [1.82, 2.24) is 4.57 Å². The highest BCUT2D eigenvalue weighted by atomic mass is 28.4. The fourth-order valence-electron chi connectivity index (χ4n) is 2.74. The predicted octanol–water partition coefficient (Wildman–Crippen LogP) is 4.56. The summed E-state index contributed by atoms with van der Waals surface area (Å²) in [6.07, 6.45) is 4.84. The first-order chi connectivity index (χ1) is 9.33. The highest BCUT2D eigenvalue weighted by Crippen LogP contribution is 2.46. The van der Waals surface area contributed by atoms with Crippen LogP contribution in [0.3, 0.4) is 0 Å². The fourth-order valence-corrected chi connectivity index (χ4v) is 6.93. The van der Waals surface area contributed by atoms with Crippen molar-refractivity contribution in [3.05, 3.63) is 0 Å². The van der Waals surface area contributed by atoms with Gasteiger partial charge in [-0.2, -0.15) is 0 Å². The van der Waals surface area contributed by atoms with Gasteiger partial charge in [0.15, 0.2) is 0 Å². The minimum Gasteiger partial charge on any atom is -0.386 e. The SMILES string of the molecule is CCCCN(CCCC)[Si](OC)(OC)C(C)(C)C(C)C. The van der Waals surface area contributed by atoms with E-state index in [9.17, 15) is 0 Å². The van der Waals surface area contributed by atoms with Crippen molar-refractivity contribution >= 4 is 8.72 Å². The Morgan fingerprint density at radius 1 is 0.950 bits per heavy atom. The Morgan fingerprint density at radius 2 is 1.35 bits per heavy atom. The van der Waals surface area contributed by atoms with Gasteiger partial charge in [-0.05, 0) is 31.8 Å². The van der Waals surface area contributed by atoms with Crippen LogP contribution in [0.5, 0.6) is 0 Å². The predicted molar refractivity (Wildman–Crippen MR) is 90.0 cm³/mol. The molecule has 0 fully saturated rings. The average Bonchev–Trinajstić information content (AvgIpc) is 2.42. The van der Waals surface area contributed by atoms with Crippen LogP contribution in [0.25, 0.3) is 0 Å². The van der Waals surface area contributed by atoms with Gasteiger partial charge in [0.05, 0.1) is 0 Å². The van der Waals surface area contributed by atoms with Crippen molar-refractivity contribution in [3.8, 4) is 0 Å². The number of rotatable bonds is 11. The van der Waals surface area contributed by atoms with E-state index in [4.69, 9.17) is 8.85 Å². The van der Waals surface area contributed by atoms with Crippen LogP contribution in [0.15, 0.2) is 0 Å². The lowest BCUT2D eigenvalue weighted by Gasteiger charge is -2.49. The minimum atomic E-state index is -2.40. The molecule has 0 amide bonds. The van der Waals surface area contributed by atoms with E-state index in [1.807, 2.05) is 14.2 Å². The molecule has 0 atom stereocenters. The number of hydrogen-bond donors (Lipinski definition) is 0. The molecule has 0 aliphatic heterocycles. The highest BCUT2D eigenvalue weighted by Gasteiger charge is 2.57. The molecular formula is C16H37NO2Si. The van der Waals surface area contributed by atoms with E-state index in [2.05, 4.69) is 46.1 Å². The summed E-state index contributed by atoms with van der Waals surface area (Å²) < 4.78 is 14.8. The molecule has 0 saturated carbocycles. The van der Waals surface area contributed by atoms with Crippen LogP contribution < -0.4 is 0 Å². The van der Waals surface area contributed by atoms with E-state index < -0.39 is 8.72 Å². The van der Waals surface area contributed by atoms with E-state index in [0.29, 0.717) is 5.92 Å². The lowest BCUT2D eigenvalue weighted by Crippen LogP contribution is -2.65. The Morgan fingerprint density at radius 3 is 1.60 bits per heavy atom. The Labute approximate surface area is 128 Å². The Hall–Kier alpha value is 0.0969. The van der Waals surface area contributed by atoms with Gasteiger partial charge in [-0.15, -0.1) is 0 Å². The molecule has 0 N–H and O–H groups in total. The number of nitrogens with zero attached hydrogens (tertiary/aromatic N) is 1. The lowest BCUT2D eigenvalue weighted by atomic mass is 9.99. The van der Waals surface area contributed by atoms with E-state index in [1.54, 1.807) is 0 Å². The summed E-state index contributed by atoms with van der Waals surface area (Å²) in [4.78, 5) is 0. The first-order valence-electron chi connectivity index (χ1n) is 8.19. The summed E-state index contributed by atoms with van der Waals surface area (Å²) in [5.74, 6) is 0.528. The molecule has 0 heterocycles. The zero-order valence-corrected chi connectivity index (χ0v) is 16.1. The molecule has 0 unspecified atom stereocenters. The molecule has 4 heteroatoms. The third kappa shape index (κ3) is 4.29. The molecule has 0 saturated heterocycles. The zero-order chi connectivity index (χ0) is 15.8. The average molecular weight is 304 g/mol. The Bertz CT molecular complexity index is 245. The molecule has 0 aliphatic carbocycles. The van der Waals surface area contributed by atoms with Gasteiger partial charge >= 0.3 is 8.72 Å². The maximum atomic E-state index is 6.11. The molecule has 0 aromatic carbocycles.